The molecule has 1 saturated heterocycles. The third-order valence-corrected chi connectivity index (χ3v) is 4.44. The van der Waals surface area contributed by atoms with Crippen LogP contribution in [0, 0.1) is 2.88 Å². The number of halogens is 1. The maximum absolute atomic E-state index is 12.2. The van der Waals surface area contributed by atoms with Gasteiger partial charge in [-0.3, -0.25) is 9.59 Å². The van der Waals surface area contributed by atoms with Crippen LogP contribution in [0.5, 0.6) is 0 Å². The molecule has 0 aliphatic carbocycles. The van der Waals surface area contributed by atoms with Gasteiger partial charge >= 0.3 is 0 Å². The van der Waals surface area contributed by atoms with Gasteiger partial charge in [-0.25, -0.2) is 0 Å². The molecule has 0 bridgehead atoms. The van der Waals surface area contributed by atoms with Gasteiger partial charge in [0.2, 0.25) is 5.91 Å². The van der Waals surface area contributed by atoms with E-state index in [0.717, 1.165) is 2.88 Å². The van der Waals surface area contributed by atoms with E-state index in [1.54, 1.807) is 4.90 Å². The van der Waals surface area contributed by atoms with Gasteiger partial charge in [-0.1, -0.05) is 0 Å². The number of hydrogen-bond donors (Lipinski definition) is 2. The van der Waals surface area contributed by atoms with E-state index in [9.17, 15) is 9.59 Å². The molecule has 2 amide bonds. The van der Waals surface area contributed by atoms with Gasteiger partial charge in [-0.15, -0.1) is 11.3 Å². The normalized spacial score (nSPS) is 20.3. The molecule has 17 heavy (non-hydrogen) atoms. The highest BCUT2D eigenvalue weighted by atomic mass is 127. The molecule has 1 atom stereocenters. The number of nitrogens with two attached hydrogens (primary N) is 1. The lowest BCUT2D eigenvalue weighted by Crippen LogP contribution is -2.58. The molecule has 1 fully saturated rings. The number of hydrogen-bond acceptors (Lipinski definition) is 4. The maximum Gasteiger partial charge on any atom is 0.255 e. The summed E-state index contributed by atoms with van der Waals surface area (Å²) in [5, 5.41) is 4.87. The molecule has 1 aromatic heterocycles. The Morgan fingerprint density at radius 1 is 1.59 bits per heavy atom. The quantitative estimate of drug-likeness (QED) is 0.738. The first-order valence-electron chi connectivity index (χ1n) is 5.14. The van der Waals surface area contributed by atoms with Gasteiger partial charge in [0.1, 0.15) is 6.04 Å². The van der Waals surface area contributed by atoms with Crippen LogP contribution in [0.1, 0.15) is 10.4 Å². The molecule has 2 heterocycles. The Labute approximate surface area is 116 Å². The maximum atomic E-state index is 12.2. The van der Waals surface area contributed by atoms with Crippen molar-refractivity contribution in [2.75, 3.05) is 19.6 Å². The summed E-state index contributed by atoms with van der Waals surface area (Å²) in [5.74, 6) is -0.579. The standard InChI is InChI=1S/C10H12IN3O2S/c11-8-3-6(5-17-8)10(16)14-2-1-13-4-7(14)9(12)15/h3,5,7,13H,1-2,4H2,(H2,12,15). The summed E-state index contributed by atoms with van der Waals surface area (Å²) in [4.78, 5) is 25.1. The van der Waals surface area contributed by atoms with Crippen LogP contribution in [0.3, 0.4) is 0 Å². The van der Waals surface area contributed by atoms with E-state index in [1.807, 2.05) is 11.4 Å². The molecule has 0 spiro atoms. The fourth-order valence-corrected chi connectivity index (χ4v) is 3.11. The predicted octanol–water partition coefficient (Wildman–Crippen LogP) is 0.252. The van der Waals surface area contributed by atoms with Crippen LogP contribution in [0.2, 0.25) is 0 Å². The lowest BCUT2D eigenvalue weighted by Gasteiger charge is -2.33. The largest absolute Gasteiger partial charge is 0.368 e. The summed E-state index contributed by atoms with van der Waals surface area (Å²) < 4.78 is 1.05. The molecule has 0 aromatic carbocycles. The second-order valence-electron chi connectivity index (χ2n) is 3.76. The highest BCUT2D eigenvalue weighted by Crippen LogP contribution is 2.19. The van der Waals surface area contributed by atoms with Crippen molar-refractivity contribution < 1.29 is 9.59 Å². The first-order valence-corrected chi connectivity index (χ1v) is 7.10. The lowest BCUT2D eigenvalue weighted by atomic mass is 10.1. The summed E-state index contributed by atoms with van der Waals surface area (Å²) in [6.45, 7) is 1.64. The van der Waals surface area contributed by atoms with E-state index >= 15 is 0 Å². The number of primary amides is 1. The van der Waals surface area contributed by atoms with Crippen molar-refractivity contribution in [3.05, 3.63) is 19.9 Å². The minimum absolute atomic E-state index is 0.116. The minimum Gasteiger partial charge on any atom is -0.368 e. The molecule has 7 heteroatoms. The molecule has 0 saturated carbocycles. The number of thiophene rings is 1. The number of nitrogens with zero attached hydrogens (tertiary/aromatic N) is 1. The monoisotopic (exact) mass is 365 g/mol. The summed E-state index contributed by atoms with van der Waals surface area (Å²) >= 11 is 3.68. The van der Waals surface area contributed by atoms with Crippen LogP contribution in [-0.4, -0.2) is 42.4 Å². The van der Waals surface area contributed by atoms with Crippen molar-refractivity contribution in [1.29, 1.82) is 0 Å². The van der Waals surface area contributed by atoms with Crippen LogP contribution in [0.4, 0.5) is 0 Å². The Morgan fingerprint density at radius 3 is 2.94 bits per heavy atom. The summed E-state index contributed by atoms with van der Waals surface area (Å²) in [6, 6.07) is 1.28. The van der Waals surface area contributed by atoms with Crippen LogP contribution in [-0.2, 0) is 4.79 Å². The smallest absolute Gasteiger partial charge is 0.255 e. The Bertz CT molecular complexity index is 449. The van der Waals surface area contributed by atoms with E-state index in [0.29, 0.717) is 25.2 Å². The molecular formula is C10H12IN3O2S. The third kappa shape index (κ3) is 2.78. The van der Waals surface area contributed by atoms with E-state index in [-0.39, 0.29) is 5.91 Å². The molecular weight excluding hydrogens is 353 g/mol. The van der Waals surface area contributed by atoms with Crippen molar-refractivity contribution in [3.63, 3.8) is 0 Å². The number of carbonyl (C=O) groups is 2. The van der Waals surface area contributed by atoms with Crippen molar-refractivity contribution in [1.82, 2.24) is 10.2 Å². The zero-order chi connectivity index (χ0) is 12.4. The fraction of sp³-hybridized carbons (Fsp3) is 0.400. The van der Waals surface area contributed by atoms with Crippen molar-refractivity contribution >= 4 is 45.7 Å². The number of piperazine rings is 1. The van der Waals surface area contributed by atoms with Crippen LogP contribution in [0.15, 0.2) is 11.4 Å². The first kappa shape index (κ1) is 12.8. The molecule has 5 nitrogen and oxygen atoms in total. The average molecular weight is 365 g/mol. The summed E-state index contributed by atoms with van der Waals surface area (Å²) in [6.07, 6.45) is 0. The highest BCUT2D eigenvalue weighted by Gasteiger charge is 2.31. The SMILES string of the molecule is NC(=O)C1CNCCN1C(=O)c1csc(I)c1. The molecule has 1 aliphatic rings. The van der Waals surface area contributed by atoms with Gasteiger partial charge in [0, 0.05) is 25.0 Å². The van der Waals surface area contributed by atoms with Crippen molar-refractivity contribution in [2.24, 2.45) is 5.73 Å². The minimum atomic E-state index is -0.547. The van der Waals surface area contributed by atoms with Crippen LogP contribution >= 0.6 is 33.9 Å². The summed E-state index contributed by atoms with van der Waals surface area (Å²) in [7, 11) is 0. The topological polar surface area (TPSA) is 75.4 Å². The molecule has 92 valence electrons. The average Bonchev–Trinajstić information content (AvgIpc) is 2.75. The number of amides is 2. The number of carbonyl (C=O) groups excluding carboxylic acids is 2. The highest BCUT2D eigenvalue weighted by molar-refractivity contribution is 14.1. The van der Waals surface area contributed by atoms with E-state index in [1.165, 1.54) is 11.3 Å². The Kier molecular flexibility index (Phi) is 4.00. The van der Waals surface area contributed by atoms with Gasteiger partial charge in [0.05, 0.1) is 8.45 Å². The van der Waals surface area contributed by atoms with E-state index in [2.05, 4.69) is 27.9 Å². The van der Waals surface area contributed by atoms with Gasteiger partial charge in [0.25, 0.3) is 5.91 Å². The van der Waals surface area contributed by atoms with Crippen LogP contribution < -0.4 is 11.1 Å². The molecule has 0 radical (unpaired) electrons. The first-order chi connectivity index (χ1) is 8.09. The van der Waals surface area contributed by atoms with E-state index < -0.39 is 11.9 Å². The van der Waals surface area contributed by atoms with Gasteiger partial charge < -0.3 is 16.0 Å². The summed E-state index contributed by atoms with van der Waals surface area (Å²) in [5.41, 5.74) is 5.94. The van der Waals surface area contributed by atoms with Gasteiger partial charge in [0.15, 0.2) is 0 Å². The molecule has 2 rings (SSSR count). The number of rotatable bonds is 2. The fourth-order valence-electron chi connectivity index (χ4n) is 1.79. The lowest BCUT2D eigenvalue weighted by molar-refractivity contribution is -0.122. The Hall–Kier alpha value is -0.670. The molecule has 1 aromatic rings. The zero-order valence-corrected chi connectivity index (χ0v) is 12.0. The molecule has 1 aliphatic heterocycles. The zero-order valence-electron chi connectivity index (χ0n) is 8.98. The van der Waals surface area contributed by atoms with Gasteiger partial charge in [-0.2, -0.15) is 0 Å². The Morgan fingerprint density at radius 2 is 2.35 bits per heavy atom. The molecule has 3 N–H and O–H groups in total. The van der Waals surface area contributed by atoms with Crippen molar-refractivity contribution in [3.8, 4) is 0 Å². The van der Waals surface area contributed by atoms with E-state index in [4.69, 9.17) is 5.73 Å². The van der Waals surface area contributed by atoms with Crippen molar-refractivity contribution in [2.45, 2.75) is 6.04 Å². The van der Waals surface area contributed by atoms with Gasteiger partial charge in [-0.05, 0) is 28.7 Å². The molecule has 1 unspecified atom stereocenters. The Balaban J connectivity index is 2.19. The van der Waals surface area contributed by atoms with Crippen LogP contribution in [0.25, 0.3) is 0 Å². The second-order valence-corrected chi connectivity index (χ2v) is 6.57. The number of nitrogens with one attached hydrogen (secondary N) is 1. The predicted molar refractivity (Wildman–Crippen MR) is 73.9 cm³/mol. The second kappa shape index (κ2) is 5.32. The third-order valence-electron chi connectivity index (χ3n) is 2.65.